The Morgan fingerprint density at radius 2 is 1.82 bits per heavy atom. The number of aromatic nitrogens is 1. The highest BCUT2D eigenvalue weighted by Gasteiger charge is 2.39. The molecule has 0 N–H and O–H groups in total. The van der Waals surface area contributed by atoms with Gasteiger partial charge in [0.15, 0.2) is 5.69 Å². The molecule has 0 radical (unpaired) electrons. The van der Waals surface area contributed by atoms with E-state index < -0.39 is 23.4 Å². The van der Waals surface area contributed by atoms with Crippen LogP contribution in [0.4, 0.5) is 0 Å². The Morgan fingerprint density at radius 3 is 2.39 bits per heavy atom. The lowest BCUT2D eigenvalue weighted by molar-refractivity contribution is 0.0520. The van der Waals surface area contributed by atoms with Gasteiger partial charge in [0.25, 0.3) is 10.0 Å². The summed E-state index contributed by atoms with van der Waals surface area (Å²) in [6, 6.07) is 12.2. The van der Waals surface area contributed by atoms with Gasteiger partial charge >= 0.3 is 5.97 Å². The van der Waals surface area contributed by atoms with Crippen LogP contribution in [0, 0.1) is 0 Å². The minimum Gasteiger partial charge on any atom is -0.461 e. The van der Waals surface area contributed by atoms with Crippen LogP contribution < -0.4 is 5.30 Å². The van der Waals surface area contributed by atoms with Gasteiger partial charge in [0.1, 0.15) is 0 Å². The molecule has 176 valence electrons. The molecule has 1 heterocycles. The molecule has 3 rings (SSSR count). The maximum absolute atomic E-state index is 14.1. The van der Waals surface area contributed by atoms with E-state index in [1.807, 2.05) is 13.8 Å². The zero-order valence-electron chi connectivity index (χ0n) is 18.7. The van der Waals surface area contributed by atoms with Crippen LogP contribution in [0.25, 0.3) is 10.9 Å². The Labute approximate surface area is 198 Å². The Morgan fingerprint density at radius 1 is 1.15 bits per heavy atom. The summed E-state index contributed by atoms with van der Waals surface area (Å²) in [5.74, 6) is -0.922. The largest absolute Gasteiger partial charge is 0.461 e. The quantitative estimate of drug-likeness (QED) is 0.235. The summed E-state index contributed by atoms with van der Waals surface area (Å²) in [5.41, 5.74) is 0.685. The maximum atomic E-state index is 14.1. The SMILES string of the molecule is CCOC(=O)c1c(P(=O)(CC=C(C)C)OC)c2cc(Cl)ccc2n1S(=O)(=O)c1ccccc1. The summed E-state index contributed by atoms with van der Waals surface area (Å²) in [5, 5.41) is 0.508. The van der Waals surface area contributed by atoms with Crippen molar-refractivity contribution in [1.29, 1.82) is 0 Å². The second kappa shape index (κ2) is 9.85. The van der Waals surface area contributed by atoms with Crippen molar-refractivity contribution in [2.24, 2.45) is 0 Å². The fourth-order valence-electron chi connectivity index (χ4n) is 3.45. The number of carbonyl (C=O) groups excluding carboxylic acids is 1. The van der Waals surface area contributed by atoms with Gasteiger partial charge in [-0.05, 0) is 51.1 Å². The predicted octanol–water partition coefficient (Wildman–Crippen LogP) is 5.22. The van der Waals surface area contributed by atoms with Gasteiger partial charge in [-0.1, -0.05) is 41.4 Å². The predicted molar refractivity (Wildman–Crippen MR) is 130 cm³/mol. The molecular weight excluding hydrogens is 485 g/mol. The Hall–Kier alpha value is -2.38. The Bertz CT molecular complexity index is 1370. The standard InChI is InChI=1S/C23H25ClNO6PS/c1-5-31-23(26)21-22(32(27,30-4)14-13-16(2)3)19-15-17(24)11-12-20(19)25(21)33(28,29)18-9-7-6-8-10-18/h6-13,15H,5,14H2,1-4H3. The first-order chi connectivity index (χ1) is 15.6. The molecule has 0 aliphatic carbocycles. The molecule has 0 amide bonds. The number of ether oxygens (including phenoxy) is 1. The molecule has 7 nitrogen and oxygen atoms in total. The van der Waals surface area contributed by atoms with Crippen LogP contribution in [0.15, 0.2) is 65.1 Å². The van der Waals surface area contributed by atoms with Crippen LogP contribution in [0.1, 0.15) is 31.3 Å². The van der Waals surface area contributed by atoms with E-state index in [0.29, 0.717) is 5.02 Å². The molecule has 2 aromatic carbocycles. The number of esters is 1. The molecule has 0 fully saturated rings. The molecule has 1 aromatic heterocycles. The molecule has 0 saturated heterocycles. The molecular formula is C23H25ClNO6PS. The van der Waals surface area contributed by atoms with Gasteiger partial charge in [0, 0.05) is 23.7 Å². The molecule has 0 spiro atoms. The highest BCUT2D eigenvalue weighted by molar-refractivity contribution is 7.90. The molecule has 0 saturated carbocycles. The van der Waals surface area contributed by atoms with Gasteiger partial charge in [-0.2, -0.15) is 0 Å². The number of carbonyl (C=O) groups is 1. The van der Waals surface area contributed by atoms with Gasteiger partial charge < -0.3 is 9.26 Å². The number of allylic oxidation sites excluding steroid dienone is 2. The van der Waals surface area contributed by atoms with Gasteiger partial charge in [0.05, 0.1) is 22.3 Å². The van der Waals surface area contributed by atoms with E-state index in [4.69, 9.17) is 20.9 Å². The van der Waals surface area contributed by atoms with Crippen molar-refractivity contribution < 1.29 is 27.0 Å². The first-order valence-electron chi connectivity index (χ1n) is 10.2. The zero-order chi connectivity index (χ0) is 24.4. The third-order valence-corrected chi connectivity index (χ3v) is 9.34. The lowest BCUT2D eigenvalue weighted by Crippen LogP contribution is -2.26. The minimum absolute atomic E-state index is 0.00278. The second-order valence-corrected chi connectivity index (χ2v) is 12.2. The maximum Gasteiger partial charge on any atom is 0.356 e. The van der Waals surface area contributed by atoms with Crippen molar-refractivity contribution in [3.05, 3.63) is 70.9 Å². The van der Waals surface area contributed by atoms with Crippen LogP contribution in [-0.4, -0.2) is 38.2 Å². The van der Waals surface area contributed by atoms with E-state index in [9.17, 15) is 17.8 Å². The van der Waals surface area contributed by atoms with Crippen LogP contribution in [0.2, 0.25) is 5.02 Å². The lowest BCUT2D eigenvalue weighted by Gasteiger charge is -2.17. The molecule has 10 heteroatoms. The molecule has 1 atom stereocenters. The number of nitrogens with zero attached hydrogens (tertiary/aromatic N) is 1. The summed E-state index contributed by atoms with van der Waals surface area (Å²) < 4.78 is 53.1. The normalized spacial score (nSPS) is 13.5. The summed E-state index contributed by atoms with van der Waals surface area (Å²) in [6.07, 6.45) is 1.69. The molecule has 3 aromatic rings. The van der Waals surface area contributed by atoms with Crippen molar-refractivity contribution in [3.8, 4) is 0 Å². The number of hydrogen-bond donors (Lipinski definition) is 0. The van der Waals surface area contributed by atoms with Gasteiger partial charge in [0.2, 0.25) is 7.37 Å². The Kier molecular flexibility index (Phi) is 7.54. The second-order valence-electron chi connectivity index (χ2n) is 7.48. The van der Waals surface area contributed by atoms with E-state index in [-0.39, 0.29) is 39.6 Å². The summed E-state index contributed by atoms with van der Waals surface area (Å²) >= 11 is 6.23. The molecule has 33 heavy (non-hydrogen) atoms. The molecule has 1 unspecified atom stereocenters. The Balaban J connectivity index is 2.53. The van der Waals surface area contributed by atoms with Crippen LogP contribution in [-0.2, 0) is 23.8 Å². The van der Waals surface area contributed by atoms with Crippen molar-refractivity contribution in [3.63, 3.8) is 0 Å². The van der Waals surface area contributed by atoms with E-state index >= 15 is 0 Å². The van der Waals surface area contributed by atoms with Gasteiger partial charge in [-0.25, -0.2) is 17.2 Å². The van der Waals surface area contributed by atoms with Crippen LogP contribution in [0.3, 0.4) is 0 Å². The van der Waals surface area contributed by atoms with E-state index in [1.165, 1.54) is 37.4 Å². The molecule has 0 aliphatic rings. The number of fused-ring (bicyclic) bond motifs is 1. The number of benzene rings is 2. The summed E-state index contributed by atoms with van der Waals surface area (Å²) in [6.45, 7) is 5.28. The first kappa shape index (κ1) is 25.2. The van der Waals surface area contributed by atoms with E-state index in [1.54, 1.807) is 31.2 Å². The molecule has 0 bridgehead atoms. The number of rotatable bonds is 8. The van der Waals surface area contributed by atoms with E-state index in [0.717, 1.165) is 9.55 Å². The fraction of sp³-hybridized carbons (Fsp3) is 0.261. The average Bonchev–Trinajstić information content (AvgIpc) is 3.14. The van der Waals surface area contributed by atoms with Crippen molar-refractivity contribution in [2.45, 2.75) is 25.7 Å². The van der Waals surface area contributed by atoms with Crippen LogP contribution in [0.5, 0.6) is 0 Å². The third kappa shape index (κ3) is 4.80. The molecule has 0 aliphatic heterocycles. The summed E-state index contributed by atoms with van der Waals surface area (Å²) in [4.78, 5) is 13.2. The topological polar surface area (TPSA) is 91.7 Å². The van der Waals surface area contributed by atoms with Crippen molar-refractivity contribution in [2.75, 3.05) is 19.9 Å². The van der Waals surface area contributed by atoms with E-state index in [2.05, 4.69) is 0 Å². The summed E-state index contributed by atoms with van der Waals surface area (Å²) in [7, 11) is -6.75. The first-order valence-corrected chi connectivity index (χ1v) is 13.8. The van der Waals surface area contributed by atoms with Crippen LogP contribution >= 0.6 is 19.0 Å². The smallest absolute Gasteiger partial charge is 0.356 e. The van der Waals surface area contributed by atoms with Gasteiger partial charge in [-0.15, -0.1) is 0 Å². The minimum atomic E-state index is -4.27. The monoisotopic (exact) mass is 509 g/mol. The third-order valence-electron chi connectivity index (χ3n) is 4.99. The number of halogens is 1. The highest BCUT2D eigenvalue weighted by Crippen LogP contribution is 2.49. The van der Waals surface area contributed by atoms with Gasteiger partial charge in [-0.3, -0.25) is 4.57 Å². The number of hydrogen-bond acceptors (Lipinski definition) is 6. The lowest BCUT2D eigenvalue weighted by atomic mass is 10.2. The fourth-order valence-corrected chi connectivity index (χ4v) is 7.41. The van der Waals surface area contributed by atoms with Crippen molar-refractivity contribution in [1.82, 2.24) is 3.97 Å². The highest BCUT2D eigenvalue weighted by atomic mass is 35.5. The zero-order valence-corrected chi connectivity index (χ0v) is 21.2. The average molecular weight is 510 g/mol. The van der Waals surface area contributed by atoms with Crippen molar-refractivity contribution >= 4 is 51.2 Å².